The fraction of sp³-hybridized carbons (Fsp3) is 0.724. The van der Waals surface area contributed by atoms with Gasteiger partial charge in [0.15, 0.2) is 5.78 Å². The third-order valence-corrected chi connectivity index (χ3v) is 6.32. The van der Waals surface area contributed by atoms with Gasteiger partial charge in [-0.05, 0) is 52.9 Å². The molecule has 0 aliphatic carbocycles. The normalized spacial score (nSPS) is 13.6. The van der Waals surface area contributed by atoms with Crippen molar-refractivity contribution < 1.29 is 14.3 Å². The van der Waals surface area contributed by atoms with E-state index in [0.29, 0.717) is 24.5 Å². The molecule has 0 radical (unpaired) electrons. The summed E-state index contributed by atoms with van der Waals surface area (Å²) in [5.41, 5.74) is 4.83. The number of rotatable bonds is 14. The van der Waals surface area contributed by atoms with Gasteiger partial charge in [-0.15, -0.1) is 0 Å². The van der Waals surface area contributed by atoms with Gasteiger partial charge in [0.2, 0.25) is 0 Å². The molecule has 5 nitrogen and oxygen atoms in total. The minimum Gasteiger partial charge on any atom is -0.384 e. The Morgan fingerprint density at radius 3 is 2.35 bits per heavy atom. The molecule has 0 bridgehead atoms. The lowest BCUT2D eigenvalue weighted by Crippen LogP contribution is -2.23. The summed E-state index contributed by atoms with van der Waals surface area (Å²) in [7, 11) is 3.80. The summed E-state index contributed by atoms with van der Waals surface area (Å²) in [5.74, 6) is 0.619. The first-order valence-electron chi connectivity index (χ1n) is 12.8. The zero-order valence-corrected chi connectivity index (χ0v) is 23.6. The van der Waals surface area contributed by atoms with Gasteiger partial charge in [0, 0.05) is 54.7 Å². The van der Waals surface area contributed by atoms with Crippen LogP contribution < -0.4 is 0 Å². The topological polar surface area (TPSA) is 52.8 Å². The van der Waals surface area contributed by atoms with E-state index < -0.39 is 0 Å². The van der Waals surface area contributed by atoms with E-state index in [1.54, 1.807) is 13.3 Å². The van der Waals surface area contributed by atoms with Crippen molar-refractivity contribution in [3.8, 4) is 0 Å². The monoisotopic (exact) mass is 474 g/mol. The maximum atomic E-state index is 12.7. The number of ketones is 1. The van der Waals surface area contributed by atoms with Crippen LogP contribution in [0, 0.1) is 12.8 Å². The van der Waals surface area contributed by atoms with Crippen molar-refractivity contribution in [2.45, 2.75) is 105 Å². The van der Waals surface area contributed by atoms with Crippen LogP contribution in [0.4, 0.5) is 5.69 Å². The molecular weight excluding hydrogens is 424 g/mol. The predicted octanol–water partition coefficient (Wildman–Crippen LogP) is 7.05. The van der Waals surface area contributed by atoms with Crippen LogP contribution in [0.25, 0.3) is 0 Å². The van der Waals surface area contributed by atoms with Crippen LogP contribution in [0.5, 0.6) is 0 Å². The van der Waals surface area contributed by atoms with E-state index in [4.69, 9.17) is 14.5 Å². The van der Waals surface area contributed by atoms with Crippen LogP contribution in [0.15, 0.2) is 17.1 Å². The summed E-state index contributed by atoms with van der Waals surface area (Å²) in [5, 5.41) is 0. The standard InChI is InChI=1S/C29H50N2O3/c1-12-23(20-34-29(7,8)9)15-13-14-16-25(32)21(2)19-30-26-22(3)31(10)27(28(4,5)6)24(26)17-18-33-11/h19,23H,2,12-18,20H2,1,3-11H3. The van der Waals surface area contributed by atoms with E-state index in [9.17, 15) is 4.79 Å². The zero-order valence-electron chi connectivity index (χ0n) is 23.6. The largest absolute Gasteiger partial charge is 0.384 e. The molecule has 1 rings (SSSR count). The summed E-state index contributed by atoms with van der Waals surface area (Å²) in [6.07, 6.45) is 7.03. The Balaban J connectivity index is 2.76. The number of Topliss-reactive ketones (excluding diaryl/α,β-unsaturated/α-hetero) is 1. The van der Waals surface area contributed by atoms with Gasteiger partial charge in [0.05, 0.1) is 24.5 Å². The molecule has 194 valence electrons. The SMILES string of the molecule is C=C(C=Nc1c(CCOC)c(C(C)(C)C)n(C)c1C)C(=O)CCCCC(CC)COC(C)(C)C. The van der Waals surface area contributed by atoms with Gasteiger partial charge in [-0.2, -0.15) is 0 Å². The average molecular weight is 475 g/mol. The van der Waals surface area contributed by atoms with Crippen LogP contribution in [-0.4, -0.2) is 42.5 Å². The second-order valence-electron chi connectivity index (χ2n) is 11.5. The Morgan fingerprint density at radius 1 is 1.18 bits per heavy atom. The molecule has 0 fully saturated rings. The summed E-state index contributed by atoms with van der Waals surface area (Å²) >= 11 is 0. The van der Waals surface area contributed by atoms with E-state index in [-0.39, 0.29) is 16.8 Å². The summed E-state index contributed by atoms with van der Waals surface area (Å²) in [4.78, 5) is 17.4. The van der Waals surface area contributed by atoms with Crippen LogP contribution >= 0.6 is 0 Å². The molecule has 0 aliphatic rings. The quantitative estimate of drug-likeness (QED) is 0.165. The second kappa shape index (κ2) is 13.4. The van der Waals surface area contributed by atoms with Gasteiger partial charge >= 0.3 is 0 Å². The Labute approximate surface area is 209 Å². The molecule has 5 heteroatoms. The molecule has 0 aromatic carbocycles. The number of unbranched alkanes of at least 4 members (excludes halogenated alkanes) is 1. The summed E-state index contributed by atoms with van der Waals surface area (Å²) in [6.45, 7) is 22.6. The molecule has 1 heterocycles. The highest BCUT2D eigenvalue weighted by Crippen LogP contribution is 2.37. The van der Waals surface area contributed by atoms with Crippen LogP contribution in [0.2, 0.25) is 0 Å². The number of allylic oxidation sites excluding steroid dienone is 1. The van der Waals surface area contributed by atoms with Crippen molar-refractivity contribution in [2.24, 2.45) is 18.0 Å². The van der Waals surface area contributed by atoms with Gasteiger partial charge < -0.3 is 14.0 Å². The number of methoxy groups -OCH3 is 1. The summed E-state index contributed by atoms with van der Waals surface area (Å²) < 4.78 is 13.5. The average Bonchev–Trinajstić information content (AvgIpc) is 2.98. The van der Waals surface area contributed by atoms with Crippen LogP contribution in [0.3, 0.4) is 0 Å². The highest BCUT2D eigenvalue weighted by molar-refractivity contribution is 6.13. The number of aliphatic imine (C=N–C) groups is 1. The first kappa shape index (κ1) is 30.3. The van der Waals surface area contributed by atoms with E-state index >= 15 is 0 Å². The number of hydrogen-bond acceptors (Lipinski definition) is 4. The number of nitrogens with zero attached hydrogens (tertiary/aromatic N) is 2. The minimum atomic E-state index is -0.103. The Hall–Kier alpha value is -1.72. The van der Waals surface area contributed by atoms with Crippen LogP contribution in [-0.2, 0) is 33.2 Å². The van der Waals surface area contributed by atoms with Crippen molar-refractivity contribution in [1.29, 1.82) is 0 Å². The number of ether oxygens (including phenoxy) is 2. The van der Waals surface area contributed by atoms with Gasteiger partial charge in [0.1, 0.15) is 0 Å². The van der Waals surface area contributed by atoms with Crippen molar-refractivity contribution in [3.05, 3.63) is 29.1 Å². The lowest BCUT2D eigenvalue weighted by atomic mass is 9.88. The smallest absolute Gasteiger partial charge is 0.163 e. The highest BCUT2D eigenvalue weighted by Gasteiger charge is 2.26. The fourth-order valence-electron chi connectivity index (χ4n) is 4.29. The van der Waals surface area contributed by atoms with E-state index in [1.165, 1.54) is 11.3 Å². The van der Waals surface area contributed by atoms with Gasteiger partial charge in [-0.25, -0.2) is 0 Å². The molecule has 0 spiro atoms. The lowest BCUT2D eigenvalue weighted by Gasteiger charge is -2.23. The molecule has 1 aromatic rings. The van der Waals surface area contributed by atoms with E-state index in [2.05, 4.69) is 73.6 Å². The number of carbonyl (C=O) groups is 1. The maximum absolute atomic E-state index is 12.7. The first-order chi connectivity index (χ1) is 15.7. The first-order valence-corrected chi connectivity index (χ1v) is 12.8. The number of aromatic nitrogens is 1. The van der Waals surface area contributed by atoms with E-state index in [1.807, 2.05) is 0 Å². The molecule has 34 heavy (non-hydrogen) atoms. The molecule has 0 saturated carbocycles. The Kier molecular flexibility index (Phi) is 11.9. The fourth-order valence-corrected chi connectivity index (χ4v) is 4.29. The second-order valence-corrected chi connectivity index (χ2v) is 11.5. The zero-order chi connectivity index (χ0) is 26.1. The number of hydrogen-bond donors (Lipinski definition) is 0. The highest BCUT2D eigenvalue weighted by atomic mass is 16.5. The Bertz CT molecular complexity index is 835. The van der Waals surface area contributed by atoms with Gasteiger partial charge in [0.25, 0.3) is 0 Å². The molecular formula is C29H50N2O3. The van der Waals surface area contributed by atoms with Crippen molar-refractivity contribution in [3.63, 3.8) is 0 Å². The molecule has 0 N–H and O–H groups in total. The van der Waals surface area contributed by atoms with Gasteiger partial charge in [-0.1, -0.05) is 47.1 Å². The maximum Gasteiger partial charge on any atom is 0.163 e. The molecule has 1 atom stereocenters. The lowest BCUT2D eigenvalue weighted by molar-refractivity contribution is -0.115. The minimum absolute atomic E-state index is 0.0164. The van der Waals surface area contributed by atoms with Crippen LogP contribution in [0.1, 0.15) is 97.5 Å². The molecule has 0 amide bonds. The van der Waals surface area contributed by atoms with Crippen molar-refractivity contribution in [1.82, 2.24) is 4.57 Å². The molecule has 1 unspecified atom stereocenters. The molecule has 1 aromatic heterocycles. The molecule has 0 aliphatic heterocycles. The summed E-state index contributed by atoms with van der Waals surface area (Å²) in [6, 6.07) is 0. The number of carbonyl (C=O) groups excluding carboxylic acids is 1. The Morgan fingerprint density at radius 2 is 1.82 bits per heavy atom. The third kappa shape index (κ3) is 9.50. The predicted molar refractivity (Wildman–Crippen MR) is 145 cm³/mol. The van der Waals surface area contributed by atoms with Crippen molar-refractivity contribution in [2.75, 3.05) is 20.3 Å². The van der Waals surface area contributed by atoms with E-state index in [0.717, 1.165) is 50.1 Å². The molecule has 0 saturated heterocycles. The van der Waals surface area contributed by atoms with Crippen molar-refractivity contribution >= 4 is 17.7 Å². The third-order valence-electron chi connectivity index (χ3n) is 6.32. The van der Waals surface area contributed by atoms with Gasteiger partial charge in [-0.3, -0.25) is 9.79 Å².